The van der Waals surface area contributed by atoms with Gasteiger partial charge in [-0.15, -0.1) is 0 Å². The summed E-state index contributed by atoms with van der Waals surface area (Å²) in [5.41, 5.74) is 5.61. The lowest BCUT2D eigenvalue weighted by Crippen LogP contribution is -2.51. The molecule has 4 atom stereocenters. The number of hydrogen-bond acceptors (Lipinski definition) is 9. The number of carbonyl (C=O) groups is 4. The van der Waals surface area contributed by atoms with E-state index < -0.39 is 24.3 Å². The van der Waals surface area contributed by atoms with Crippen molar-refractivity contribution in [3.8, 4) is 33.6 Å². The second-order valence-corrected chi connectivity index (χ2v) is 14.0. The normalized spacial score (nSPS) is 17.9. The third-order valence-corrected chi connectivity index (χ3v) is 9.81. The Labute approximate surface area is 313 Å². The molecular weight excluding hydrogens is 690 g/mol. The predicted molar refractivity (Wildman–Crippen MR) is 201 cm³/mol. The van der Waals surface area contributed by atoms with E-state index >= 15 is 0 Å². The van der Waals surface area contributed by atoms with Gasteiger partial charge in [-0.3, -0.25) is 14.9 Å². The van der Waals surface area contributed by atoms with Crippen molar-refractivity contribution in [1.82, 2.24) is 45.7 Å². The van der Waals surface area contributed by atoms with E-state index in [4.69, 9.17) is 9.47 Å². The summed E-state index contributed by atoms with van der Waals surface area (Å²) in [7, 11) is 2.55. The summed E-state index contributed by atoms with van der Waals surface area (Å²) in [5.74, 6) is 0.609. The molecule has 6 rings (SSSR count). The molecule has 4 amide bonds. The number of ether oxygens (including phenoxy) is 2. The van der Waals surface area contributed by atoms with Crippen molar-refractivity contribution in [2.45, 2.75) is 51.9 Å². The SMILES string of the molecule is COC(=O)N[C@H](C(=O)N1CC=C[C@H]1c1ncc(-c2ccc(-c3ccc(-c4cnc([C@@H]5CNCN5C(=O)[C@@H](NC(=O)OC)C(C)C)[nH]4)cc3)cc2)[nH]1)C(C)C. The average molecular weight is 738 g/mol. The van der Waals surface area contributed by atoms with Crippen molar-refractivity contribution in [2.75, 3.05) is 34.0 Å². The summed E-state index contributed by atoms with van der Waals surface area (Å²) in [4.78, 5) is 70.2. The molecule has 54 heavy (non-hydrogen) atoms. The van der Waals surface area contributed by atoms with E-state index in [9.17, 15) is 19.2 Å². The van der Waals surface area contributed by atoms with Gasteiger partial charge in [-0.1, -0.05) is 88.4 Å². The zero-order valence-electron chi connectivity index (χ0n) is 31.3. The Morgan fingerprint density at radius 2 is 1.17 bits per heavy atom. The fourth-order valence-electron chi connectivity index (χ4n) is 6.73. The Morgan fingerprint density at radius 3 is 1.67 bits per heavy atom. The molecule has 4 aromatic rings. The lowest BCUT2D eigenvalue weighted by Gasteiger charge is -2.29. The number of hydrogen-bond donors (Lipinski definition) is 5. The highest BCUT2D eigenvalue weighted by atomic mass is 16.5. The lowest BCUT2D eigenvalue weighted by atomic mass is 10.0. The zero-order valence-corrected chi connectivity index (χ0v) is 31.3. The third-order valence-electron chi connectivity index (χ3n) is 9.81. The quantitative estimate of drug-likeness (QED) is 0.135. The van der Waals surface area contributed by atoms with E-state index in [-0.39, 0.29) is 35.7 Å². The smallest absolute Gasteiger partial charge is 0.407 e. The van der Waals surface area contributed by atoms with Crippen LogP contribution in [0.15, 0.2) is 73.1 Å². The molecule has 0 bridgehead atoms. The van der Waals surface area contributed by atoms with Crippen LogP contribution in [-0.4, -0.2) is 99.8 Å². The number of benzene rings is 2. The van der Waals surface area contributed by atoms with Crippen LogP contribution < -0.4 is 16.0 Å². The molecule has 0 unspecified atom stereocenters. The summed E-state index contributed by atoms with van der Waals surface area (Å²) >= 11 is 0. The van der Waals surface area contributed by atoms with Crippen molar-refractivity contribution in [1.29, 1.82) is 0 Å². The van der Waals surface area contributed by atoms with Crippen molar-refractivity contribution in [2.24, 2.45) is 11.8 Å². The van der Waals surface area contributed by atoms with E-state index in [1.807, 2.05) is 76.2 Å². The number of H-pyrrole nitrogens is 2. The molecule has 2 aromatic carbocycles. The van der Waals surface area contributed by atoms with Gasteiger partial charge in [-0.05, 0) is 34.1 Å². The Hall–Kier alpha value is -5.96. The molecule has 15 nitrogen and oxygen atoms in total. The highest BCUT2D eigenvalue weighted by Crippen LogP contribution is 2.31. The van der Waals surface area contributed by atoms with E-state index in [1.54, 1.807) is 22.2 Å². The average Bonchev–Trinajstić information content (AvgIpc) is 4.02. The number of carbonyl (C=O) groups excluding carboxylic acids is 4. The lowest BCUT2D eigenvalue weighted by molar-refractivity contribution is -0.136. The van der Waals surface area contributed by atoms with E-state index in [0.29, 0.717) is 31.4 Å². The van der Waals surface area contributed by atoms with Gasteiger partial charge in [0.25, 0.3) is 0 Å². The van der Waals surface area contributed by atoms with Crippen LogP contribution in [0.25, 0.3) is 33.6 Å². The molecule has 2 aromatic heterocycles. The predicted octanol–water partition coefficient (Wildman–Crippen LogP) is 4.76. The minimum absolute atomic E-state index is 0.134. The standard InChI is InChI=1S/C39H47N9O6/c1-22(2)32(45-38(51)53-5)36(49)47-17-7-8-30(47)34-41-18-28(43-34)26-13-9-24(10-14-26)25-11-15-27(16-12-25)29-19-42-35(44-29)31-20-40-21-48(31)37(50)33(23(3)4)46-39(52)54-6/h7-16,18-19,22-23,30-33,40H,17,20-21H2,1-6H3,(H,41,43)(H,42,44)(H,45,51)(H,46,52)/t30-,31-,32-,33-/m0/s1. The van der Waals surface area contributed by atoms with Crippen LogP contribution in [0, 0.1) is 11.8 Å². The first-order chi connectivity index (χ1) is 26.0. The number of rotatable bonds is 11. The molecule has 284 valence electrons. The van der Waals surface area contributed by atoms with E-state index in [2.05, 4.69) is 48.0 Å². The first-order valence-corrected chi connectivity index (χ1v) is 18.0. The van der Waals surface area contributed by atoms with E-state index in [1.165, 1.54) is 14.2 Å². The van der Waals surface area contributed by atoms with Gasteiger partial charge in [0.15, 0.2) is 0 Å². The number of methoxy groups -OCH3 is 2. The van der Waals surface area contributed by atoms with Gasteiger partial charge in [0.1, 0.15) is 35.8 Å². The summed E-state index contributed by atoms with van der Waals surface area (Å²) < 4.78 is 9.47. The largest absolute Gasteiger partial charge is 0.453 e. The molecule has 2 aliphatic heterocycles. The number of aromatic amines is 2. The first-order valence-electron chi connectivity index (χ1n) is 18.0. The van der Waals surface area contributed by atoms with Crippen molar-refractivity contribution < 1.29 is 28.7 Å². The molecule has 0 spiro atoms. The van der Waals surface area contributed by atoms with Gasteiger partial charge in [-0.2, -0.15) is 0 Å². The Kier molecular flexibility index (Phi) is 11.5. The second-order valence-electron chi connectivity index (χ2n) is 14.0. The van der Waals surface area contributed by atoms with Crippen molar-refractivity contribution >= 4 is 24.0 Å². The Morgan fingerprint density at radius 1 is 0.704 bits per heavy atom. The maximum Gasteiger partial charge on any atom is 0.407 e. The molecule has 0 aliphatic carbocycles. The van der Waals surface area contributed by atoms with Crippen molar-refractivity contribution in [3.05, 3.63) is 84.7 Å². The molecule has 0 saturated carbocycles. The highest BCUT2D eigenvalue weighted by molar-refractivity contribution is 5.87. The van der Waals surface area contributed by atoms with Crippen molar-refractivity contribution in [3.63, 3.8) is 0 Å². The van der Waals surface area contributed by atoms with E-state index in [0.717, 1.165) is 33.6 Å². The Bertz CT molecular complexity index is 1990. The van der Waals surface area contributed by atoms with Gasteiger partial charge in [0.05, 0.1) is 44.7 Å². The molecule has 2 aliphatic rings. The van der Waals surface area contributed by atoms with Crippen LogP contribution in [0.5, 0.6) is 0 Å². The Balaban J connectivity index is 1.11. The maximum atomic E-state index is 13.5. The van der Waals surface area contributed by atoms with Gasteiger partial charge in [-0.25, -0.2) is 19.6 Å². The number of nitrogens with one attached hydrogen (secondary N) is 5. The highest BCUT2D eigenvalue weighted by Gasteiger charge is 2.38. The molecule has 1 saturated heterocycles. The summed E-state index contributed by atoms with van der Waals surface area (Å²) in [5, 5.41) is 8.57. The first kappa shape index (κ1) is 37.8. The molecule has 4 heterocycles. The van der Waals surface area contributed by atoms with Gasteiger partial charge >= 0.3 is 12.2 Å². The maximum absolute atomic E-state index is 13.5. The van der Waals surface area contributed by atoms with Crippen LogP contribution in [0.4, 0.5) is 9.59 Å². The fourth-order valence-corrected chi connectivity index (χ4v) is 6.73. The zero-order chi connectivity index (χ0) is 38.5. The monoisotopic (exact) mass is 737 g/mol. The number of aromatic nitrogens is 4. The minimum Gasteiger partial charge on any atom is -0.453 e. The molecule has 0 radical (unpaired) electrons. The summed E-state index contributed by atoms with van der Waals surface area (Å²) in [6.07, 6.45) is 6.09. The molecule has 1 fully saturated rings. The number of alkyl carbamates (subject to hydrolysis) is 2. The van der Waals surface area contributed by atoms with Gasteiger partial charge in [0.2, 0.25) is 11.8 Å². The number of amides is 4. The molecule has 15 heteroatoms. The van der Waals surface area contributed by atoms with Gasteiger partial charge < -0.3 is 39.9 Å². The van der Waals surface area contributed by atoms with Crippen LogP contribution >= 0.6 is 0 Å². The number of imidazole rings is 2. The third kappa shape index (κ3) is 8.00. The fraction of sp³-hybridized carbons (Fsp3) is 0.385. The minimum atomic E-state index is -0.729. The van der Waals surface area contributed by atoms with Crippen LogP contribution in [-0.2, 0) is 19.1 Å². The second kappa shape index (κ2) is 16.4. The van der Waals surface area contributed by atoms with Crippen LogP contribution in [0.1, 0.15) is 51.4 Å². The van der Waals surface area contributed by atoms with Crippen LogP contribution in [0.3, 0.4) is 0 Å². The van der Waals surface area contributed by atoms with Crippen LogP contribution in [0.2, 0.25) is 0 Å². The summed E-state index contributed by atoms with van der Waals surface area (Å²) in [6, 6.07) is 14.1. The number of nitrogens with zero attached hydrogens (tertiary/aromatic N) is 4. The topological polar surface area (TPSA) is 187 Å². The molecular formula is C39H47N9O6. The van der Waals surface area contributed by atoms with Gasteiger partial charge in [0, 0.05) is 13.1 Å². The summed E-state index contributed by atoms with van der Waals surface area (Å²) in [6.45, 7) is 8.79. The molecule has 5 N–H and O–H groups in total.